The monoisotopic (exact) mass is 470 g/mol. The minimum absolute atomic E-state index is 0.0387. The standard InChI is InChI=1S/C19H21F3N6O3S/c1-11-6-12(2)10-27(9-11)18-15(7-23)17(19(20,21)22)25-28(18)16-5-4-14(8-24-16)32(30,31)26-13(3)29/h4-5,8,11-12H,6,9-10H2,1-3H3,(H,26,29)/t11-,12+. The van der Waals surface area contributed by atoms with Gasteiger partial charge in [-0.15, -0.1) is 0 Å². The Kier molecular flexibility index (Phi) is 6.19. The molecule has 2 atom stereocenters. The van der Waals surface area contributed by atoms with Crippen LogP contribution in [0.2, 0.25) is 0 Å². The van der Waals surface area contributed by atoms with Crippen LogP contribution < -0.4 is 9.62 Å². The summed E-state index contributed by atoms with van der Waals surface area (Å²) in [7, 11) is -4.17. The molecule has 0 saturated carbocycles. The number of carbonyl (C=O) groups is 1. The lowest BCUT2D eigenvalue weighted by atomic mass is 9.91. The summed E-state index contributed by atoms with van der Waals surface area (Å²) in [4.78, 5) is 16.4. The number of anilines is 1. The van der Waals surface area contributed by atoms with Crippen LogP contribution in [0.5, 0.6) is 0 Å². The number of piperidine rings is 1. The number of halogens is 3. The van der Waals surface area contributed by atoms with Crippen molar-refractivity contribution >= 4 is 21.7 Å². The van der Waals surface area contributed by atoms with Gasteiger partial charge in [0.2, 0.25) is 5.91 Å². The van der Waals surface area contributed by atoms with Gasteiger partial charge in [0.25, 0.3) is 10.0 Å². The van der Waals surface area contributed by atoms with Gasteiger partial charge in [0, 0.05) is 26.2 Å². The molecule has 1 N–H and O–H groups in total. The number of carbonyl (C=O) groups excluding carboxylic acids is 1. The summed E-state index contributed by atoms with van der Waals surface area (Å²) in [6.45, 7) is 5.83. The molecule has 1 fully saturated rings. The van der Waals surface area contributed by atoms with Crippen molar-refractivity contribution in [2.45, 2.75) is 38.3 Å². The van der Waals surface area contributed by atoms with Crippen molar-refractivity contribution in [3.05, 3.63) is 29.6 Å². The van der Waals surface area contributed by atoms with E-state index in [9.17, 15) is 31.6 Å². The number of sulfonamides is 1. The van der Waals surface area contributed by atoms with Crippen molar-refractivity contribution < 1.29 is 26.4 Å². The van der Waals surface area contributed by atoms with Gasteiger partial charge in [-0.1, -0.05) is 13.8 Å². The molecular formula is C19H21F3N6O3S. The molecule has 1 aliphatic rings. The van der Waals surface area contributed by atoms with Gasteiger partial charge in [0.15, 0.2) is 17.3 Å². The first-order chi connectivity index (χ1) is 14.8. The molecule has 0 radical (unpaired) electrons. The Balaban J connectivity index is 2.15. The highest BCUT2D eigenvalue weighted by molar-refractivity contribution is 7.90. The maximum atomic E-state index is 13.6. The van der Waals surface area contributed by atoms with Crippen LogP contribution in [0.15, 0.2) is 23.2 Å². The molecule has 3 rings (SSSR count). The van der Waals surface area contributed by atoms with Crippen molar-refractivity contribution in [2.24, 2.45) is 11.8 Å². The van der Waals surface area contributed by atoms with Gasteiger partial charge >= 0.3 is 6.18 Å². The van der Waals surface area contributed by atoms with Crippen LogP contribution in [-0.2, 0) is 21.0 Å². The zero-order valence-corrected chi connectivity index (χ0v) is 18.3. The largest absolute Gasteiger partial charge is 0.436 e. The van der Waals surface area contributed by atoms with Crippen LogP contribution in [0.25, 0.3) is 5.82 Å². The third-order valence-corrected chi connectivity index (χ3v) is 6.35. The van der Waals surface area contributed by atoms with E-state index in [2.05, 4.69) is 10.1 Å². The predicted octanol–water partition coefficient (Wildman–Crippen LogP) is 2.46. The predicted molar refractivity (Wildman–Crippen MR) is 107 cm³/mol. The average molecular weight is 470 g/mol. The number of pyridine rings is 1. The van der Waals surface area contributed by atoms with Gasteiger partial charge in [-0.25, -0.2) is 18.1 Å². The summed E-state index contributed by atoms with van der Waals surface area (Å²) in [6, 6.07) is 3.90. The van der Waals surface area contributed by atoms with Crippen molar-refractivity contribution in [3.63, 3.8) is 0 Å². The lowest BCUT2D eigenvalue weighted by Crippen LogP contribution is -2.40. The summed E-state index contributed by atoms with van der Waals surface area (Å²) in [6.07, 6.45) is -3.06. The van der Waals surface area contributed by atoms with Gasteiger partial charge < -0.3 is 4.90 Å². The van der Waals surface area contributed by atoms with Crippen molar-refractivity contribution in [1.82, 2.24) is 19.5 Å². The summed E-state index contributed by atoms with van der Waals surface area (Å²) in [5.74, 6) is -0.574. The molecule has 0 aliphatic carbocycles. The van der Waals surface area contributed by atoms with Crippen molar-refractivity contribution in [2.75, 3.05) is 18.0 Å². The molecule has 2 aromatic heterocycles. The van der Waals surface area contributed by atoms with E-state index in [4.69, 9.17) is 0 Å². The first-order valence-corrected chi connectivity index (χ1v) is 11.2. The van der Waals surface area contributed by atoms with Crippen LogP contribution in [0.3, 0.4) is 0 Å². The summed E-state index contributed by atoms with van der Waals surface area (Å²) < 4.78 is 67.8. The fourth-order valence-electron chi connectivity index (χ4n) is 3.90. The number of rotatable bonds is 4. The molecule has 1 saturated heterocycles. The fraction of sp³-hybridized carbons (Fsp3) is 0.474. The molecule has 172 valence electrons. The van der Waals surface area contributed by atoms with Gasteiger partial charge in [0.1, 0.15) is 16.5 Å². The molecule has 0 unspecified atom stereocenters. The molecule has 0 spiro atoms. The number of nitrogens with one attached hydrogen (secondary N) is 1. The van der Waals surface area contributed by atoms with E-state index in [1.807, 2.05) is 13.8 Å². The summed E-state index contributed by atoms with van der Waals surface area (Å²) in [5.41, 5.74) is -1.95. The maximum Gasteiger partial charge on any atom is 0.436 e. The topological polar surface area (TPSA) is 121 Å². The van der Waals surface area contributed by atoms with Crippen LogP contribution in [0, 0.1) is 23.2 Å². The third kappa shape index (κ3) is 4.69. The smallest absolute Gasteiger partial charge is 0.355 e. The molecule has 2 aromatic rings. The summed E-state index contributed by atoms with van der Waals surface area (Å²) in [5, 5.41) is 13.2. The van der Waals surface area contributed by atoms with E-state index < -0.39 is 33.4 Å². The van der Waals surface area contributed by atoms with E-state index in [-0.39, 0.29) is 28.4 Å². The first-order valence-electron chi connectivity index (χ1n) is 9.68. The first kappa shape index (κ1) is 23.5. The van der Waals surface area contributed by atoms with E-state index >= 15 is 0 Å². The van der Waals surface area contributed by atoms with Crippen LogP contribution in [0.1, 0.15) is 38.4 Å². The highest BCUT2D eigenvalue weighted by atomic mass is 32.2. The Morgan fingerprint density at radius 2 is 1.88 bits per heavy atom. The number of aromatic nitrogens is 3. The molecule has 0 aromatic carbocycles. The third-order valence-electron chi connectivity index (χ3n) is 4.94. The fourth-order valence-corrected chi connectivity index (χ4v) is 4.84. The van der Waals surface area contributed by atoms with Gasteiger partial charge in [-0.05, 0) is 30.4 Å². The van der Waals surface area contributed by atoms with E-state index in [1.54, 1.807) is 15.7 Å². The number of amides is 1. The quantitative estimate of drug-likeness (QED) is 0.729. The van der Waals surface area contributed by atoms with E-state index in [1.165, 1.54) is 6.07 Å². The Hall–Kier alpha value is -3.14. The maximum absolute atomic E-state index is 13.6. The highest BCUT2D eigenvalue weighted by Crippen LogP contribution is 2.38. The van der Waals surface area contributed by atoms with Crippen molar-refractivity contribution in [1.29, 1.82) is 5.26 Å². The molecule has 3 heterocycles. The van der Waals surface area contributed by atoms with Gasteiger partial charge in [-0.3, -0.25) is 4.79 Å². The lowest BCUT2D eigenvalue weighted by Gasteiger charge is -2.36. The molecule has 32 heavy (non-hydrogen) atoms. The van der Waals surface area contributed by atoms with Crippen LogP contribution in [0.4, 0.5) is 19.0 Å². The molecular weight excluding hydrogens is 449 g/mol. The average Bonchev–Trinajstić information content (AvgIpc) is 3.06. The normalized spacial score (nSPS) is 19.5. The summed E-state index contributed by atoms with van der Waals surface area (Å²) >= 11 is 0. The zero-order chi connectivity index (χ0) is 23.8. The van der Waals surface area contributed by atoms with Crippen molar-refractivity contribution in [3.8, 4) is 11.9 Å². The number of nitrogens with zero attached hydrogens (tertiary/aromatic N) is 5. The second-order valence-electron chi connectivity index (χ2n) is 7.93. The molecule has 1 amide bonds. The van der Waals surface area contributed by atoms with E-state index in [0.29, 0.717) is 13.1 Å². The molecule has 13 heteroatoms. The highest BCUT2D eigenvalue weighted by Gasteiger charge is 2.42. The Morgan fingerprint density at radius 3 is 2.34 bits per heavy atom. The Morgan fingerprint density at radius 1 is 1.25 bits per heavy atom. The minimum atomic E-state index is -4.87. The molecule has 0 bridgehead atoms. The Labute approximate surface area is 182 Å². The minimum Gasteiger partial charge on any atom is -0.355 e. The number of nitriles is 1. The second-order valence-corrected chi connectivity index (χ2v) is 9.62. The molecule has 1 aliphatic heterocycles. The Bertz CT molecular complexity index is 1160. The number of hydrogen-bond acceptors (Lipinski definition) is 7. The van der Waals surface area contributed by atoms with E-state index in [0.717, 1.165) is 30.3 Å². The zero-order valence-electron chi connectivity index (χ0n) is 17.5. The molecule has 9 nitrogen and oxygen atoms in total. The van der Waals surface area contributed by atoms with Gasteiger partial charge in [0.05, 0.1) is 0 Å². The van der Waals surface area contributed by atoms with Gasteiger partial charge in [-0.2, -0.15) is 28.2 Å². The second kappa shape index (κ2) is 8.42. The number of hydrogen-bond donors (Lipinski definition) is 1. The van der Waals surface area contributed by atoms with Crippen LogP contribution in [-0.4, -0.2) is 42.2 Å². The lowest BCUT2D eigenvalue weighted by molar-refractivity contribution is -0.141. The van der Waals surface area contributed by atoms with Crippen LogP contribution >= 0.6 is 0 Å². The SMILES string of the molecule is CC(=O)NS(=O)(=O)c1ccc(-n2nc(C(F)(F)F)c(C#N)c2N2C[C@H](C)C[C@H](C)C2)nc1. The number of alkyl halides is 3.